The number of hydrogen-bond donors (Lipinski definition) is 0. The minimum Gasteiger partial charge on any atom is -0.491 e. The number of rotatable bonds is 7. The molecular weight excluding hydrogens is 392 g/mol. The molecule has 0 aliphatic carbocycles. The van der Waals surface area contributed by atoms with Crippen molar-refractivity contribution < 1.29 is 4.74 Å². The minimum atomic E-state index is 0.737. The van der Waals surface area contributed by atoms with E-state index in [1.165, 1.54) is 10.9 Å². The molecule has 0 radical (unpaired) electrons. The number of methoxy groups -OCH3 is 1. The highest BCUT2D eigenvalue weighted by molar-refractivity contribution is 5.88. The topological polar surface area (TPSA) is 77.1 Å². The summed E-state index contributed by atoms with van der Waals surface area (Å²) in [5, 5.41) is 9.08. The lowest BCUT2D eigenvalue weighted by Crippen LogP contribution is -2.47. The average molecular weight is 419 g/mol. The standard InChI is InChI=1S/C22H26N8O/c1-31-21-14-23-15-24-22(21)29-12-10-27(11-13-29)7-3-8-28-9-6-18-19(28)4-2-5-20(18)30-16-25-26-17-30/h2,4-6,9,14-17H,3,7-8,10-13H2,1H3. The molecule has 0 N–H and O–H groups in total. The zero-order valence-electron chi connectivity index (χ0n) is 17.6. The van der Waals surface area contributed by atoms with E-state index in [4.69, 9.17) is 4.74 Å². The summed E-state index contributed by atoms with van der Waals surface area (Å²) in [4.78, 5) is 13.3. The molecule has 0 saturated carbocycles. The second-order valence-electron chi connectivity index (χ2n) is 7.69. The molecule has 160 valence electrons. The first-order chi connectivity index (χ1) is 15.3. The molecule has 5 rings (SSSR count). The maximum absolute atomic E-state index is 5.41. The van der Waals surface area contributed by atoms with E-state index in [0.717, 1.165) is 62.9 Å². The number of aryl methyl sites for hydroxylation is 1. The van der Waals surface area contributed by atoms with E-state index in [1.54, 1.807) is 32.3 Å². The first-order valence-corrected chi connectivity index (χ1v) is 10.6. The van der Waals surface area contributed by atoms with Gasteiger partial charge in [0.25, 0.3) is 0 Å². The predicted octanol–water partition coefficient (Wildman–Crippen LogP) is 2.23. The normalized spacial score (nSPS) is 14.9. The van der Waals surface area contributed by atoms with Crippen LogP contribution < -0.4 is 9.64 Å². The summed E-state index contributed by atoms with van der Waals surface area (Å²) in [6.07, 6.45) is 10.1. The van der Waals surface area contributed by atoms with Crippen LogP contribution in [0.1, 0.15) is 6.42 Å². The first-order valence-electron chi connectivity index (χ1n) is 10.6. The zero-order chi connectivity index (χ0) is 21.0. The smallest absolute Gasteiger partial charge is 0.179 e. The summed E-state index contributed by atoms with van der Waals surface area (Å²) in [5.41, 5.74) is 2.35. The molecule has 1 aliphatic heterocycles. The Labute approximate surface area is 180 Å². The summed E-state index contributed by atoms with van der Waals surface area (Å²) in [5.74, 6) is 1.63. The van der Waals surface area contributed by atoms with Gasteiger partial charge in [0.2, 0.25) is 0 Å². The molecule has 9 heteroatoms. The van der Waals surface area contributed by atoms with E-state index in [9.17, 15) is 0 Å². The zero-order valence-corrected chi connectivity index (χ0v) is 17.6. The molecule has 0 bridgehead atoms. The molecule has 31 heavy (non-hydrogen) atoms. The maximum Gasteiger partial charge on any atom is 0.179 e. The van der Waals surface area contributed by atoms with Gasteiger partial charge >= 0.3 is 0 Å². The first kappa shape index (κ1) is 19.5. The molecule has 0 unspecified atom stereocenters. The van der Waals surface area contributed by atoms with Crippen LogP contribution in [-0.4, -0.2) is 74.0 Å². The average Bonchev–Trinajstić information content (AvgIpc) is 3.50. The van der Waals surface area contributed by atoms with Gasteiger partial charge in [0.1, 0.15) is 19.0 Å². The Morgan fingerprint density at radius 3 is 2.65 bits per heavy atom. The molecule has 1 saturated heterocycles. The van der Waals surface area contributed by atoms with Gasteiger partial charge in [-0.25, -0.2) is 9.97 Å². The summed E-state index contributed by atoms with van der Waals surface area (Å²) >= 11 is 0. The van der Waals surface area contributed by atoms with Crippen LogP contribution in [0.3, 0.4) is 0 Å². The summed E-state index contributed by atoms with van der Waals surface area (Å²) in [6.45, 7) is 6.02. The third-order valence-corrected chi connectivity index (χ3v) is 5.91. The SMILES string of the molecule is COc1cncnc1N1CCN(CCCn2ccc3c(-n4cnnc4)cccc32)CC1. The van der Waals surface area contributed by atoms with Crippen molar-refractivity contribution in [2.75, 3.05) is 44.7 Å². The Kier molecular flexibility index (Phi) is 5.49. The minimum absolute atomic E-state index is 0.737. The number of hydrogen-bond acceptors (Lipinski definition) is 7. The monoisotopic (exact) mass is 418 g/mol. The van der Waals surface area contributed by atoms with Crippen molar-refractivity contribution >= 4 is 16.7 Å². The second kappa shape index (κ2) is 8.73. The van der Waals surface area contributed by atoms with E-state index in [2.05, 4.69) is 65.0 Å². The number of fused-ring (bicyclic) bond motifs is 1. The van der Waals surface area contributed by atoms with E-state index in [1.807, 2.05) is 4.57 Å². The van der Waals surface area contributed by atoms with Crippen molar-refractivity contribution in [3.63, 3.8) is 0 Å². The Bertz CT molecular complexity index is 1130. The van der Waals surface area contributed by atoms with Gasteiger partial charge in [0, 0.05) is 44.3 Å². The number of anilines is 1. The van der Waals surface area contributed by atoms with E-state index >= 15 is 0 Å². The molecule has 0 atom stereocenters. The van der Waals surface area contributed by atoms with Crippen LogP contribution in [0.2, 0.25) is 0 Å². The third kappa shape index (κ3) is 3.96. The molecule has 0 amide bonds. The lowest BCUT2D eigenvalue weighted by molar-refractivity contribution is 0.249. The van der Waals surface area contributed by atoms with Gasteiger partial charge in [-0.2, -0.15) is 0 Å². The molecule has 4 heterocycles. The van der Waals surface area contributed by atoms with Crippen LogP contribution in [-0.2, 0) is 6.54 Å². The van der Waals surface area contributed by atoms with E-state index < -0.39 is 0 Å². The second-order valence-corrected chi connectivity index (χ2v) is 7.69. The van der Waals surface area contributed by atoms with Crippen LogP contribution in [0, 0.1) is 0 Å². The van der Waals surface area contributed by atoms with Crippen LogP contribution in [0.4, 0.5) is 5.82 Å². The van der Waals surface area contributed by atoms with E-state index in [-0.39, 0.29) is 0 Å². The Morgan fingerprint density at radius 1 is 1.00 bits per heavy atom. The van der Waals surface area contributed by atoms with Crippen LogP contribution in [0.25, 0.3) is 16.6 Å². The molecule has 1 aromatic carbocycles. The van der Waals surface area contributed by atoms with Crippen molar-refractivity contribution in [2.24, 2.45) is 0 Å². The lowest BCUT2D eigenvalue weighted by atomic mass is 10.2. The molecular formula is C22H26N8O. The molecule has 1 aliphatic rings. The van der Waals surface area contributed by atoms with E-state index in [0.29, 0.717) is 0 Å². The number of piperazine rings is 1. The molecule has 3 aromatic heterocycles. The van der Waals surface area contributed by atoms with Gasteiger partial charge in [-0.05, 0) is 31.2 Å². The van der Waals surface area contributed by atoms with Gasteiger partial charge in [0.15, 0.2) is 11.6 Å². The highest BCUT2D eigenvalue weighted by atomic mass is 16.5. The van der Waals surface area contributed by atoms with Gasteiger partial charge in [-0.15, -0.1) is 10.2 Å². The lowest BCUT2D eigenvalue weighted by Gasteiger charge is -2.35. The predicted molar refractivity (Wildman–Crippen MR) is 119 cm³/mol. The number of nitrogens with zero attached hydrogens (tertiary/aromatic N) is 8. The Balaban J connectivity index is 1.17. The molecule has 1 fully saturated rings. The molecule has 9 nitrogen and oxygen atoms in total. The third-order valence-electron chi connectivity index (χ3n) is 5.91. The van der Waals surface area contributed by atoms with Gasteiger partial charge in [-0.1, -0.05) is 6.07 Å². The van der Waals surface area contributed by atoms with Crippen molar-refractivity contribution in [2.45, 2.75) is 13.0 Å². The number of ether oxygens (including phenoxy) is 1. The quantitative estimate of drug-likeness (QED) is 0.455. The van der Waals surface area contributed by atoms with Gasteiger partial charge < -0.3 is 14.2 Å². The van der Waals surface area contributed by atoms with Gasteiger partial charge in [0.05, 0.1) is 24.5 Å². The highest BCUT2D eigenvalue weighted by Crippen LogP contribution is 2.25. The van der Waals surface area contributed by atoms with Crippen LogP contribution in [0.15, 0.2) is 55.6 Å². The van der Waals surface area contributed by atoms with Crippen molar-refractivity contribution in [3.05, 3.63) is 55.6 Å². The Morgan fingerprint density at radius 2 is 1.84 bits per heavy atom. The van der Waals surface area contributed by atoms with Crippen molar-refractivity contribution in [1.29, 1.82) is 0 Å². The summed E-state index contributed by atoms with van der Waals surface area (Å²) in [6, 6.07) is 8.55. The van der Waals surface area contributed by atoms with Gasteiger partial charge in [-0.3, -0.25) is 9.47 Å². The number of benzene rings is 1. The van der Waals surface area contributed by atoms with Crippen molar-refractivity contribution in [3.8, 4) is 11.4 Å². The fourth-order valence-corrected chi connectivity index (χ4v) is 4.29. The largest absolute Gasteiger partial charge is 0.491 e. The maximum atomic E-state index is 5.41. The highest BCUT2D eigenvalue weighted by Gasteiger charge is 2.20. The summed E-state index contributed by atoms with van der Waals surface area (Å²) in [7, 11) is 1.67. The van der Waals surface area contributed by atoms with Crippen LogP contribution >= 0.6 is 0 Å². The fraction of sp³-hybridized carbons (Fsp3) is 0.364. The molecule has 0 spiro atoms. The molecule has 4 aromatic rings. The number of aromatic nitrogens is 6. The van der Waals surface area contributed by atoms with Crippen LogP contribution in [0.5, 0.6) is 5.75 Å². The summed E-state index contributed by atoms with van der Waals surface area (Å²) < 4.78 is 9.70. The Hall–Kier alpha value is -3.46. The fourth-order valence-electron chi connectivity index (χ4n) is 4.29. The van der Waals surface area contributed by atoms with Crippen molar-refractivity contribution in [1.82, 2.24) is 34.2 Å².